The summed E-state index contributed by atoms with van der Waals surface area (Å²) >= 11 is 0. The summed E-state index contributed by atoms with van der Waals surface area (Å²) in [4.78, 5) is 0. The second-order valence-electron chi connectivity index (χ2n) is 4.47. The lowest BCUT2D eigenvalue weighted by atomic mass is 10.2. The lowest BCUT2D eigenvalue weighted by molar-refractivity contribution is -0.00813. The Morgan fingerprint density at radius 1 is 1.27 bits per heavy atom. The third-order valence-electron chi connectivity index (χ3n) is 2.95. The van der Waals surface area contributed by atoms with Crippen LogP contribution in [-0.2, 0) is 9.47 Å². The van der Waals surface area contributed by atoms with E-state index < -0.39 is 0 Å². The zero-order valence-corrected chi connectivity index (χ0v) is 9.28. The van der Waals surface area contributed by atoms with E-state index in [-0.39, 0.29) is 0 Å². The van der Waals surface area contributed by atoms with E-state index in [1.165, 1.54) is 19.3 Å². The topological polar surface area (TPSA) is 30.5 Å². The van der Waals surface area contributed by atoms with E-state index in [1.54, 1.807) is 6.08 Å². The summed E-state index contributed by atoms with van der Waals surface area (Å²) in [7, 11) is 0. The molecule has 0 aromatic heterocycles. The van der Waals surface area contributed by atoms with Crippen molar-refractivity contribution in [1.82, 2.24) is 5.32 Å². The zero-order valence-electron chi connectivity index (χ0n) is 9.28. The monoisotopic (exact) mass is 211 g/mol. The molecule has 86 valence electrons. The van der Waals surface area contributed by atoms with Gasteiger partial charge in [0.1, 0.15) is 0 Å². The summed E-state index contributed by atoms with van der Waals surface area (Å²) < 4.78 is 11.3. The lowest BCUT2D eigenvalue weighted by Crippen LogP contribution is -2.29. The molecule has 0 bridgehead atoms. The molecule has 15 heavy (non-hydrogen) atoms. The van der Waals surface area contributed by atoms with Gasteiger partial charge in [-0.05, 0) is 25.7 Å². The normalized spacial score (nSPS) is 30.7. The first kappa shape index (κ1) is 11.1. The third-order valence-corrected chi connectivity index (χ3v) is 2.95. The molecule has 0 aromatic carbocycles. The van der Waals surface area contributed by atoms with Crippen LogP contribution in [0.4, 0.5) is 0 Å². The van der Waals surface area contributed by atoms with Crippen molar-refractivity contribution >= 4 is 0 Å². The van der Waals surface area contributed by atoms with E-state index in [0.29, 0.717) is 25.4 Å². The van der Waals surface area contributed by atoms with Crippen LogP contribution in [0.1, 0.15) is 25.7 Å². The van der Waals surface area contributed by atoms with E-state index in [0.717, 1.165) is 19.0 Å². The first-order valence-electron chi connectivity index (χ1n) is 5.96. The number of rotatable bonds is 7. The van der Waals surface area contributed by atoms with Crippen LogP contribution in [-0.4, -0.2) is 38.0 Å². The fraction of sp³-hybridized carbons (Fsp3) is 0.833. The number of ether oxygens (including phenoxy) is 2. The maximum absolute atomic E-state index is 5.86. The van der Waals surface area contributed by atoms with Crippen LogP contribution in [0.15, 0.2) is 12.7 Å². The van der Waals surface area contributed by atoms with Crippen LogP contribution >= 0.6 is 0 Å². The molecule has 1 heterocycles. The quantitative estimate of drug-likeness (QED) is 0.511. The predicted molar refractivity (Wildman–Crippen MR) is 59.9 cm³/mol. The van der Waals surface area contributed by atoms with Gasteiger partial charge in [-0.3, -0.25) is 0 Å². The van der Waals surface area contributed by atoms with Crippen molar-refractivity contribution < 1.29 is 9.47 Å². The minimum atomic E-state index is 0.302. The Kier molecular flexibility index (Phi) is 4.18. The van der Waals surface area contributed by atoms with E-state index >= 15 is 0 Å². The maximum atomic E-state index is 5.86. The molecular formula is C12H21NO2. The van der Waals surface area contributed by atoms with Crippen molar-refractivity contribution in [2.45, 2.75) is 43.9 Å². The average molecular weight is 211 g/mol. The van der Waals surface area contributed by atoms with Gasteiger partial charge in [0.15, 0.2) is 0 Å². The molecular weight excluding hydrogens is 190 g/mol. The first-order valence-corrected chi connectivity index (χ1v) is 5.96. The van der Waals surface area contributed by atoms with E-state index in [1.807, 2.05) is 0 Å². The molecule has 1 saturated carbocycles. The van der Waals surface area contributed by atoms with Gasteiger partial charge in [0.2, 0.25) is 0 Å². The molecule has 1 aliphatic heterocycles. The first-order chi connectivity index (χ1) is 7.38. The van der Waals surface area contributed by atoms with Crippen LogP contribution < -0.4 is 5.32 Å². The lowest BCUT2D eigenvalue weighted by Gasteiger charge is -2.14. The van der Waals surface area contributed by atoms with Crippen molar-refractivity contribution in [2.24, 2.45) is 0 Å². The molecule has 3 nitrogen and oxygen atoms in total. The van der Waals surface area contributed by atoms with Crippen LogP contribution in [0, 0.1) is 0 Å². The smallest absolute Gasteiger partial charge is 0.0814 e. The summed E-state index contributed by atoms with van der Waals surface area (Å²) in [6.07, 6.45) is 7.48. The fourth-order valence-corrected chi connectivity index (χ4v) is 1.92. The van der Waals surface area contributed by atoms with Crippen LogP contribution in [0.5, 0.6) is 0 Å². The molecule has 1 saturated heterocycles. The van der Waals surface area contributed by atoms with Gasteiger partial charge in [0, 0.05) is 12.6 Å². The summed E-state index contributed by atoms with van der Waals surface area (Å²) in [5.41, 5.74) is 0. The van der Waals surface area contributed by atoms with Crippen molar-refractivity contribution in [3.63, 3.8) is 0 Å². The summed E-state index contributed by atoms with van der Waals surface area (Å²) in [6, 6.07) is 0.782. The average Bonchev–Trinajstić information content (AvgIpc) is 2.97. The molecule has 0 aromatic rings. The van der Waals surface area contributed by atoms with Gasteiger partial charge in [-0.25, -0.2) is 0 Å². The number of nitrogens with one attached hydrogen (secondary N) is 1. The van der Waals surface area contributed by atoms with Crippen molar-refractivity contribution in [3.05, 3.63) is 12.7 Å². The van der Waals surface area contributed by atoms with Crippen molar-refractivity contribution in [1.29, 1.82) is 0 Å². The van der Waals surface area contributed by atoms with Gasteiger partial charge in [-0.2, -0.15) is 0 Å². The highest BCUT2D eigenvalue weighted by Crippen LogP contribution is 2.22. The second-order valence-corrected chi connectivity index (χ2v) is 4.47. The Labute approximate surface area is 91.8 Å². The summed E-state index contributed by atoms with van der Waals surface area (Å²) in [5.74, 6) is 0. The molecule has 3 heteroatoms. The predicted octanol–water partition coefficient (Wildman–Crippen LogP) is 1.49. The SMILES string of the molecule is C=CCOCC1CCC(CNC2CC2)O1. The molecule has 1 N–H and O–H groups in total. The van der Waals surface area contributed by atoms with Crippen LogP contribution in [0.2, 0.25) is 0 Å². The van der Waals surface area contributed by atoms with Gasteiger partial charge < -0.3 is 14.8 Å². The number of hydrogen-bond acceptors (Lipinski definition) is 3. The molecule has 0 spiro atoms. The zero-order chi connectivity index (χ0) is 10.5. The molecule has 2 aliphatic rings. The number of hydrogen-bond donors (Lipinski definition) is 1. The molecule has 2 atom stereocenters. The Morgan fingerprint density at radius 3 is 2.80 bits per heavy atom. The van der Waals surface area contributed by atoms with Crippen molar-refractivity contribution in [2.75, 3.05) is 19.8 Å². The van der Waals surface area contributed by atoms with Gasteiger partial charge >= 0.3 is 0 Å². The fourth-order valence-electron chi connectivity index (χ4n) is 1.92. The van der Waals surface area contributed by atoms with E-state index in [2.05, 4.69) is 11.9 Å². The van der Waals surface area contributed by atoms with Gasteiger partial charge in [0.05, 0.1) is 25.4 Å². The largest absolute Gasteiger partial charge is 0.375 e. The standard InChI is InChI=1S/C12H21NO2/c1-2-7-14-9-12-6-5-11(15-12)8-13-10-3-4-10/h2,10-13H,1,3-9H2. The summed E-state index contributed by atoms with van der Waals surface area (Å²) in [6.45, 7) is 5.98. The second kappa shape index (κ2) is 5.64. The Hall–Kier alpha value is -0.380. The minimum Gasteiger partial charge on any atom is -0.375 e. The molecule has 0 amide bonds. The van der Waals surface area contributed by atoms with Crippen LogP contribution in [0.3, 0.4) is 0 Å². The molecule has 2 unspecified atom stereocenters. The Balaban J connectivity index is 1.54. The van der Waals surface area contributed by atoms with Crippen molar-refractivity contribution in [3.8, 4) is 0 Å². The summed E-state index contributed by atoms with van der Waals surface area (Å²) in [5, 5.41) is 3.50. The highest BCUT2D eigenvalue weighted by molar-refractivity contribution is 4.84. The third kappa shape index (κ3) is 3.93. The molecule has 1 aliphatic carbocycles. The molecule has 0 radical (unpaired) electrons. The van der Waals surface area contributed by atoms with Gasteiger partial charge in [-0.1, -0.05) is 6.08 Å². The Morgan fingerprint density at radius 2 is 2.07 bits per heavy atom. The maximum Gasteiger partial charge on any atom is 0.0814 e. The minimum absolute atomic E-state index is 0.302. The highest BCUT2D eigenvalue weighted by atomic mass is 16.5. The van der Waals surface area contributed by atoms with Gasteiger partial charge in [0.25, 0.3) is 0 Å². The van der Waals surface area contributed by atoms with Gasteiger partial charge in [-0.15, -0.1) is 6.58 Å². The van der Waals surface area contributed by atoms with Crippen LogP contribution in [0.25, 0.3) is 0 Å². The van der Waals surface area contributed by atoms with E-state index in [9.17, 15) is 0 Å². The highest BCUT2D eigenvalue weighted by Gasteiger charge is 2.27. The Bertz CT molecular complexity index is 204. The molecule has 2 fully saturated rings. The molecule has 2 rings (SSSR count). The van der Waals surface area contributed by atoms with E-state index in [4.69, 9.17) is 9.47 Å².